The molecule has 0 N–H and O–H groups in total. The molecule has 1 radical (unpaired) electrons. The summed E-state index contributed by atoms with van der Waals surface area (Å²) in [6.45, 7) is 3.95. The van der Waals surface area contributed by atoms with E-state index in [-0.39, 0.29) is 20.1 Å². The number of nitrogens with zero attached hydrogens (tertiary/aromatic N) is 3. The van der Waals surface area contributed by atoms with Crippen LogP contribution in [0.4, 0.5) is 0 Å². The molecule has 3 aromatic heterocycles. The monoisotopic (exact) mass is 871 g/mol. The summed E-state index contributed by atoms with van der Waals surface area (Å²) in [5.41, 5.74) is 9.18. The van der Waals surface area contributed by atoms with E-state index in [1.165, 1.54) is 4.40 Å². The number of benzene rings is 4. The van der Waals surface area contributed by atoms with Gasteiger partial charge in [0.1, 0.15) is 0 Å². The Morgan fingerprint density at radius 3 is 2.04 bits per heavy atom. The van der Waals surface area contributed by atoms with Gasteiger partial charge in [-0.25, -0.2) is 0 Å². The van der Waals surface area contributed by atoms with Crippen LogP contribution in [0.3, 0.4) is 0 Å². The molecule has 0 amide bonds. The maximum absolute atomic E-state index is 8.84. The second kappa shape index (κ2) is 15.4. The number of thiazole rings is 1. The van der Waals surface area contributed by atoms with Gasteiger partial charge in [-0.1, -0.05) is 18.2 Å². The maximum atomic E-state index is 8.84. The molecule has 0 bridgehead atoms. The minimum absolute atomic E-state index is 0. The van der Waals surface area contributed by atoms with Crippen LogP contribution in [0.25, 0.3) is 54.4 Å². The van der Waals surface area contributed by atoms with Crippen molar-refractivity contribution in [3.05, 3.63) is 145 Å². The molecule has 0 fully saturated rings. The first kappa shape index (κ1) is 33.2. The van der Waals surface area contributed by atoms with E-state index in [0.29, 0.717) is 0 Å². The van der Waals surface area contributed by atoms with Gasteiger partial charge in [0.05, 0.1) is 0 Å². The number of rotatable bonds is 6. The molecule has 4 aromatic carbocycles. The van der Waals surface area contributed by atoms with E-state index in [0.717, 1.165) is 60.0 Å². The molecule has 7 rings (SSSR count). The van der Waals surface area contributed by atoms with Crippen molar-refractivity contribution >= 4 is 39.2 Å². The van der Waals surface area contributed by atoms with Gasteiger partial charge >= 0.3 is 205 Å². The van der Waals surface area contributed by atoms with Gasteiger partial charge in [0.25, 0.3) is 0 Å². The fourth-order valence-corrected chi connectivity index (χ4v) is 9.64. The zero-order chi connectivity index (χ0) is 33.0. The van der Waals surface area contributed by atoms with Gasteiger partial charge in [0.2, 0.25) is 0 Å². The Labute approximate surface area is 300 Å². The number of aromatic nitrogens is 3. The molecule has 0 saturated carbocycles. The van der Waals surface area contributed by atoms with Crippen molar-refractivity contribution in [1.82, 2.24) is 15.0 Å². The van der Waals surface area contributed by atoms with Gasteiger partial charge in [-0.05, 0) is 11.8 Å². The smallest absolute Gasteiger partial charge is 0.0160 e. The van der Waals surface area contributed by atoms with Gasteiger partial charge in [-0.2, -0.15) is 0 Å². The van der Waals surface area contributed by atoms with E-state index in [1.54, 1.807) is 17.5 Å². The van der Waals surface area contributed by atoms with Crippen molar-refractivity contribution in [3.8, 4) is 44.2 Å². The fraction of sp³-hybridized carbons (Fsp3) is 0.146. The molecule has 7 aromatic rings. The molecule has 0 saturated heterocycles. The van der Waals surface area contributed by atoms with E-state index in [9.17, 15) is 0 Å². The van der Waals surface area contributed by atoms with E-state index in [1.807, 2.05) is 86.8 Å². The normalized spacial score (nSPS) is 11.6. The summed E-state index contributed by atoms with van der Waals surface area (Å²) >= 11 is -0.537. The van der Waals surface area contributed by atoms with Crippen LogP contribution in [0, 0.1) is 12.1 Å². The van der Waals surface area contributed by atoms with Gasteiger partial charge in [0.15, 0.2) is 0 Å². The predicted octanol–water partition coefficient (Wildman–Crippen LogP) is 10.7. The Bertz CT molecular complexity index is 2050. The van der Waals surface area contributed by atoms with Crippen molar-refractivity contribution in [2.24, 2.45) is 0 Å². The first-order chi connectivity index (χ1) is 22.6. The molecule has 3 nitrogen and oxygen atoms in total. The van der Waals surface area contributed by atoms with Gasteiger partial charge in [-0.15, -0.1) is 35.9 Å². The zero-order valence-electron chi connectivity index (χ0n) is 28.2. The van der Waals surface area contributed by atoms with Gasteiger partial charge < -0.3 is 4.98 Å². The molecule has 0 aliphatic heterocycles. The van der Waals surface area contributed by atoms with Crippen molar-refractivity contribution in [1.29, 1.82) is 0 Å². The Hall–Kier alpha value is -3.74. The molecule has 3 heterocycles. The minimum atomic E-state index is -2.20. The molecule has 0 aliphatic rings. The van der Waals surface area contributed by atoms with E-state index < -0.39 is 19.2 Å². The number of fused-ring (bicyclic) bond motifs is 1. The minimum Gasteiger partial charge on any atom is -0.305 e. The van der Waals surface area contributed by atoms with Crippen LogP contribution >= 0.6 is 11.3 Å². The third-order valence-corrected chi connectivity index (χ3v) is 12.9. The van der Waals surface area contributed by atoms with Crippen LogP contribution < -0.4 is 4.40 Å². The maximum Gasteiger partial charge on any atom is 0.0160 e. The number of hydrogen-bond donors (Lipinski definition) is 0. The van der Waals surface area contributed by atoms with Crippen molar-refractivity contribution in [2.45, 2.75) is 37.0 Å². The topological polar surface area (TPSA) is 38.7 Å². The van der Waals surface area contributed by atoms with Gasteiger partial charge in [0, 0.05) is 26.3 Å². The first-order valence-corrected chi connectivity index (χ1v) is 23.6. The van der Waals surface area contributed by atoms with Crippen LogP contribution in [0.1, 0.15) is 26.7 Å². The Morgan fingerprint density at radius 1 is 0.745 bits per heavy atom. The summed E-state index contributed by atoms with van der Waals surface area (Å²) in [7, 11) is 0. The second-order valence-electron chi connectivity index (χ2n) is 12.4. The number of pyridine rings is 2. The van der Waals surface area contributed by atoms with Crippen molar-refractivity contribution in [3.63, 3.8) is 0 Å². The third-order valence-electron chi connectivity index (χ3n) is 7.70. The summed E-state index contributed by atoms with van der Waals surface area (Å²) in [4.78, 5) is 14.2. The molecule has 237 valence electrons. The Balaban J connectivity index is 0.000000291. The molecule has 47 heavy (non-hydrogen) atoms. The average Bonchev–Trinajstić information content (AvgIpc) is 3.53. The largest absolute Gasteiger partial charge is 0.305 e. The van der Waals surface area contributed by atoms with E-state index in [4.69, 9.17) is 11.3 Å². The molecule has 6 heteroatoms. The summed E-state index contributed by atoms with van der Waals surface area (Å²) in [5.74, 6) is 6.39. The van der Waals surface area contributed by atoms with Crippen LogP contribution in [-0.2, 0) is 20.1 Å². The fourth-order valence-electron chi connectivity index (χ4n) is 5.33. The summed E-state index contributed by atoms with van der Waals surface area (Å²) in [6.07, 6.45) is 3.82. The summed E-state index contributed by atoms with van der Waals surface area (Å²) in [6, 6.07) is 45.5. The van der Waals surface area contributed by atoms with Crippen LogP contribution in [0.5, 0.6) is 0 Å². The Morgan fingerprint density at radius 2 is 1.43 bits per heavy atom. The number of hydrogen-bond acceptors (Lipinski definition) is 4. The van der Waals surface area contributed by atoms with Gasteiger partial charge in [-0.3, -0.25) is 0 Å². The molecule has 0 unspecified atom stereocenters. The van der Waals surface area contributed by atoms with Crippen LogP contribution in [-0.4, -0.2) is 28.2 Å². The molecule has 0 spiro atoms. The average molecular weight is 870 g/mol. The summed E-state index contributed by atoms with van der Waals surface area (Å²) in [5, 5.41) is 0.989. The van der Waals surface area contributed by atoms with Crippen LogP contribution in [0.2, 0.25) is 17.3 Å². The molecular weight excluding hydrogens is 831 g/mol. The van der Waals surface area contributed by atoms with E-state index in [2.05, 4.69) is 82.9 Å². The first-order valence-electron chi connectivity index (χ1n) is 15.9. The second-order valence-corrected chi connectivity index (χ2v) is 24.0. The standard InChI is InChI=1S/C30H29GeN2S.C11H8N.Ir/c1-20(2)24-18-27(32-19-26(24)31(3,4)5)23-16-25(21-12-8-6-9-13-21)29-28(17-23)34-30(33-29)22-14-10-7-11-15-22;1-2-6-10(7-3-1)11-8-4-5-9-12-11;/h6-16,18-20H,1-5H3;1-6,8-9H;/q2*-1;/i20D;;. The van der Waals surface area contributed by atoms with Crippen molar-refractivity contribution < 1.29 is 21.5 Å². The summed E-state index contributed by atoms with van der Waals surface area (Å²) < 4.78 is 11.2. The quantitative estimate of drug-likeness (QED) is 0.123. The van der Waals surface area contributed by atoms with Crippen molar-refractivity contribution in [2.75, 3.05) is 0 Å². The molecule has 0 aliphatic carbocycles. The third kappa shape index (κ3) is 8.23. The SMILES string of the molecule is [2H]C(C)(C)c1cc(-c2[c-]c3sc(-c4ccccc4)nc3c(-c3ccccc3)c2)nc[c]1[Ge]([CH3])([CH3])[CH3].[Ir].[c-]1ccccc1-c1ccccn1. The predicted molar refractivity (Wildman–Crippen MR) is 198 cm³/mol. The molecular formula is C41H37GeIrN3S-2. The van der Waals surface area contributed by atoms with E-state index >= 15 is 0 Å². The zero-order valence-corrected chi connectivity index (χ0v) is 32.5. The Kier molecular flexibility index (Phi) is 10.9. The molecule has 0 atom stereocenters. The van der Waals surface area contributed by atoms with Crippen LogP contribution in [0.15, 0.2) is 128 Å².